The first-order valence-corrected chi connectivity index (χ1v) is 3.80. The van der Waals surface area contributed by atoms with Gasteiger partial charge >= 0.3 is 6.18 Å². The van der Waals surface area contributed by atoms with E-state index in [2.05, 4.69) is 0 Å². The first-order chi connectivity index (χ1) is 6.63. The number of rotatable bonds is 4. The van der Waals surface area contributed by atoms with Gasteiger partial charge in [0.25, 0.3) is 0 Å². The summed E-state index contributed by atoms with van der Waals surface area (Å²) in [5.41, 5.74) is -1.49. The number of aliphatic carboxylic acids is 2. The fourth-order valence-corrected chi connectivity index (χ4v) is 0.949. The van der Waals surface area contributed by atoms with Gasteiger partial charge in [-0.1, -0.05) is 5.57 Å². The number of hydrogen-bond donors (Lipinski definition) is 0. The number of halogens is 3. The van der Waals surface area contributed by atoms with E-state index in [1.165, 1.54) is 0 Å². The van der Waals surface area contributed by atoms with E-state index < -0.39 is 42.1 Å². The van der Waals surface area contributed by atoms with Crippen molar-refractivity contribution in [2.45, 2.75) is 25.9 Å². The molecule has 0 bridgehead atoms. The molecule has 0 atom stereocenters. The number of carboxylic acid groups (broad SMARTS) is 2. The van der Waals surface area contributed by atoms with Crippen molar-refractivity contribution in [3.05, 3.63) is 11.1 Å². The molecule has 0 saturated heterocycles. The van der Waals surface area contributed by atoms with Crippen molar-refractivity contribution in [3.63, 3.8) is 0 Å². The van der Waals surface area contributed by atoms with Gasteiger partial charge in [0, 0.05) is 12.4 Å². The summed E-state index contributed by atoms with van der Waals surface area (Å²) in [4.78, 5) is 20.4. The summed E-state index contributed by atoms with van der Waals surface area (Å²) in [5.74, 6) is -3.70. The van der Waals surface area contributed by atoms with Crippen LogP contribution >= 0.6 is 0 Å². The highest BCUT2D eigenvalue weighted by molar-refractivity contribution is 5.91. The summed E-state index contributed by atoms with van der Waals surface area (Å²) in [6.07, 6.45) is -7.16. The molecule has 0 saturated carbocycles. The Morgan fingerprint density at radius 2 is 1.67 bits per heavy atom. The van der Waals surface area contributed by atoms with Crippen LogP contribution in [0.15, 0.2) is 11.1 Å². The van der Waals surface area contributed by atoms with Crippen LogP contribution < -0.4 is 10.2 Å². The van der Waals surface area contributed by atoms with Crippen LogP contribution in [0.25, 0.3) is 0 Å². The number of carbonyl (C=O) groups excluding carboxylic acids is 2. The Labute approximate surface area is 83.0 Å². The van der Waals surface area contributed by atoms with Crippen LogP contribution in [0.4, 0.5) is 13.2 Å². The third-order valence-corrected chi connectivity index (χ3v) is 1.55. The van der Waals surface area contributed by atoms with E-state index in [1.54, 1.807) is 0 Å². The van der Waals surface area contributed by atoms with E-state index in [0.29, 0.717) is 0 Å². The van der Waals surface area contributed by atoms with Gasteiger partial charge in [-0.2, -0.15) is 13.2 Å². The standard InChI is InChI=1S/C8H9F3O4/c1-4(3-8(9,10)11)5(7(14)15)2-6(12)13/h2-3H2,1H3,(H,12,13)(H,14,15)/p-2. The van der Waals surface area contributed by atoms with E-state index in [-0.39, 0.29) is 0 Å². The summed E-state index contributed by atoms with van der Waals surface area (Å²) in [6.45, 7) is 0.890. The molecule has 0 aliphatic heterocycles. The van der Waals surface area contributed by atoms with Gasteiger partial charge in [0.1, 0.15) is 0 Å². The van der Waals surface area contributed by atoms with Gasteiger partial charge in [-0.05, 0) is 12.5 Å². The Balaban J connectivity index is 4.93. The zero-order chi connectivity index (χ0) is 12.2. The molecule has 0 N–H and O–H groups in total. The Kier molecular flexibility index (Phi) is 4.32. The highest BCUT2D eigenvalue weighted by Crippen LogP contribution is 2.26. The summed E-state index contributed by atoms with van der Waals surface area (Å²) in [7, 11) is 0. The van der Waals surface area contributed by atoms with Gasteiger partial charge in [0.05, 0.1) is 12.4 Å². The van der Waals surface area contributed by atoms with Crippen molar-refractivity contribution < 1.29 is 33.0 Å². The van der Waals surface area contributed by atoms with E-state index in [4.69, 9.17) is 0 Å². The lowest BCUT2D eigenvalue weighted by atomic mass is 10.0. The van der Waals surface area contributed by atoms with E-state index in [1.807, 2.05) is 0 Å². The zero-order valence-corrected chi connectivity index (χ0v) is 7.68. The molecular formula is C8H7F3O4-2. The molecule has 0 heterocycles. The van der Waals surface area contributed by atoms with Crippen molar-refractivity contribution in [2.75, 3.05) is 0 Å². The average Bonchev–Trinajstić information content (AvgIpc) is 1.95. The molecule has 7 heteroatoms. The maximum absolute atomic E-state index is 11.9. The molecule has 86 valence electrons. The molecule has 0 aromatic heterocycles. The third kappa shape index (κ3) is 5.71. The van der Waals surface area contributed by atoms with Gasteiger partial charge in [-0.25, -0.2) is 0 Å². The second-order valence-electron chi connectivity index (χ2n) is 2.89. The van der Waals surface area contributed by atoms with Gasteiger partial charge in [-0.3, -0.25) is 0 Å². The Morgan fingerprint density at radius 1 is 1.20 bits per heavy atom. The van der Waals surface area contributed by atoms with Crippen LogP contribution in [0.5, 0.6) is 0 Å². The smallest absolute Gasteiger partial charge is 0.392 e. The van der Waals surface area contributed by atoms with Crippen molar-refractivity contribution in [1.82, 2.24) is 0 Å². The fourth-order valence-electron chi connectivity index (χ4n) is 0.949. The lowest BCUT2D eigenvalue weighted by molar-refractivity contribution is -0.309. The predicted octanol–water partition coefficient (Wildman–Crippen LogP) is -0.855. The van der Waals surface area contributed by atoms with Crippen LogP contribution in [-0.4, -0.2) is 18.1 Å². The minimum Gasteiger partial charge on any atom is -0.550 e. The van der Waals surface area contributed by atoms with Crippen molar-refractivity contribution in [2.24, 2.45) is 0 Å². The predicted molar refractivity (Wildman–Crippen MR) is 38.0 cm³/mol. The average molecular weight is 224 g/mol. The molecule has 0 rings (SSSR count). The second-order valence-corrected chi connectivity index (χ2v) is 2.89. The normalized spacial score (nSPS) is 13.3. The zero-order valence-electron chi connectivity index (χ0n) is 7.68. The van der Waals surface area contributed by atoms with E-state index in [9.17, 15) is 33.0 Å². The van der Waals surface area contributed by atoms with Crippen LogP contribution in [0.2, 0.25) is 0 Å². The molecule has 0 unspecified atom stereocenters. The monoisotopic (exact) mass is 224 g/mol. The Bertz CT molecular complexity index is 303. The molecule has 0 spiro atoms. The summed E-state index contributed by atoms with van der Waals surface area (Å²) >= 11 is 0. The first kappa shape index (κ1) is 13.5. The van der Waals surface area contributed by atoms with Gasteiger partial charge in [0.15, 0.2) is 0 Å². The molecule has 0 fully saturated rings. The number of alkyl halides is 3. The summed E-state index contributed by atoms with van der Waals surface area (Å²) in [6, 6.07) is 0. The minimum absolute atomic E-state index is 0.591. The molecule has 15 heavy (non-hydrogen) atoms. The molecule has 0 aliphatic carbocycles. The maximum atomic E-state index is 11.9. The maximum Gasteiger partial charge on any atom is 0.392 e. The lowest BCUT2D eigenvalue weighted by Crippen LogP contribution is -2.31. The molecule has 4 nitrogen and oxygen atoms in total. The van der Waals surface area contributed by atoms with Crippen molar-refractivity contribution in [3.8, 4) is 0 Å². The topological polar surface area (TPSA) is 80.3 Å². The molecule has 0 amide bonds. The first-order valence-electron chi connectivity index (χ1n) is 3.80. The molecule has 0 radical (unpaired) electrons. The number of hydrogen-bond acceptors (Lipinski definition) is 4. The molecule has 0 aromatic rings. The SMILES string of the molecule is CC(CC(F)(F)F)=C(CC(=O)[O-])C(=O)[O-]. The van der Waals surface area contributed by atoms with E-state index in [0.717, 1.165) is 6.92 Å². The largest absolute Gasteiger partial charge is 0.550 e. The highest BCUT2D eigenvalue weighted by Gasteiger charge is 2.28. The van der Waals surface area contributed by atoms with Gasteiger partial charge < -0.3 is 19.8 Å². The van der Waals surface area contributed by atoms with Gasteiger partial charge in [-0.15, -0.1) is 0 Å². The third-order valence-electron chi connectivity index (χ3n) is 1.55. The summed E-state index contributed by atoms with van der Waals surface area (Å²) in [5, 5.41) is 20.4. The van der Waals surface area contributed by atoms with Crippen molar-refractivity contribution in [1.29, 1.82) is 0 Å². The Hall–Kier alpha value is -1.53. The number of carboxylic acids is 2. The van der Waals surface area contributed by atoms with Crippen LogP contribution in [0, 0.1) is 0 Å². The van der Waals surface area contributed by atoms with E-state index >= 15 is 0 Å². The quantitative estimate of drug-likeness (QED) is 0.582. The van der Waals surface area contributed by atoms with Crippen LogP contribution in [-0.2, 0) is 9.59 Å². The Morgan fingerprint density at radius 3 is 1.93 bits per heavy atom. The van der Waals surface area contributed by atoms with Gasteiger partial charge in [0.2, 0.25) is 0 Å². The molecule has 0 aliphatic rings. The molecule has 0 aromatic carbocycles. The summed E-state index contributed by atoms with van der Waals surface area (Å²) < 4.78 is 35.6. The number of allylic oxidation sites excluding steroid dienone is 1. The molecular weight excluding hydrogens is 217 g/mol. The lowest BCUT2D eigenvalue weighted by Gasteiger charge is -2.15. The van der Waals surface area contributed by atoms with Crippen LogP contribution in [0.3, 0.4) is 0 Å². The second kappa shape index (κ2) is 4.81. The number of carbonyl (C=O) groups is 2. The fraction of sp³-hybridized carbons (Fsp3) is 0.500. The minimum atomic E-state index is -4.59. The van der Waals surface area contributed by atoms with Crippen LogP contribution in [0.1, 0.15) is 19.8 Å². The highest BCUT2D eigenvalue weighted by atomic mass is 19.4. The van der Waals surface area contributed by atoms with Crippen molar-refractivity contribution >= 4 is 11.9 Å².